The molecule has 1 aliphatic carbocycles. The summed E-state index contributed by atoms with van der Waals surface area (Å²) in [7, 11) is -4.14. The van der Waals surface area contributed by atoms with Crippen LogP contribution in [0.5, 0.6) is 0 Å². The van der Waals surface area contributed by atoms with E-state index in [2.05, 4.69) is 5.32 Å². The van der Waals surface area contributed by atoms with Crippen LogP contribution < -0.4 is 5.32 Å². The third-order valence-electron chi connectivity index (χ3n) is 4.63. The molecule has 1 fully saturated rings. The van der Waals surface area contributed by atoms with Gasteiger partial charge in [-0.15, -0.1) is 0 Å². The van der Waals surface area contributed by atoms with Crippen molar-refractivity contribution in [3.63, 3.8) is 0 Å². The van der Waals surface area contributed by atoms with Gasteiger partial charge in [0.1, 0.15) is 11.6 Å². The summed E-state index contributed by atoms with van der Waals surface area (Å²) in [4.78, 5) is 11.7. The quantitative estimate of drug-likeness (QED) is 0.675. The standard InChI is InChI=1S/C20H20ClF2NO4S/c1-12(11-28-20(25)24-15-5-6-15)19(17-10-14(22)4-9-18(17)23)29(26,27)16-7-2-13(21)3-8-16/h2-4,7-10,12,15,19H,5-6,11H2,1H3,(H,24,25)/t12-,19+/m1/s1. The smallest absolute Gasteiger partial charge is 0.407 e. The molecule has 0 aliphatic heterocycles. The molecule has 0 heterocycles. The largest absolute Gasteiger partial charge is 0.449 e. The third-order valence-corrected chi connectivity index (χ3v) is 7.20. The maximum absolute atomic E-state index is 14.5. The zero-order valence-electron chi connectivity index (χ0n) is 15.6. The zero-order chi connectivity index (χ0) is 21.2. The van der Waals surface area contributed by atoms with Crippen LogP contribution in [-0.2, 0) is 14.6 Å². The van der Waals surface area contributed by atoms with E-state index in [0.717, 1.165) is 31.0 Å². The molecule has 2 aromatic rings. The highest BCUT2D eigenvalue weighted by Gasteiger charge is 2.37. The van der Waals surface area contributed by atoms with Gasteiger partial charge in [0.2, 0.25) is 0 Å². The average Bonchev–Trinajstić information content (AvgIpc) is 3.47. The summed E-state index contributed by atoms with van der Waals surface area (Å²) in [5.74, 6) is -2.47. The van der Waals surface area contributed by atoms with Crippen LogP contribution in [0.4, 0.5) is 13.6 Å². The Balaban J connectivity index is 1.93. The molecule has 1 saturated carbocycles. The van der Waals surface area contributed by atoms with Crippen molar-refractivity contribution in [3.05, 3.63) is 64.7 Å². The molecule has 0 bridgehead atoms. The molecule has 0 aromatic heterocycles. The number of ether oxygens (including phenoxy) is 1. The first-order valence-corrected chi connectivity index (χ1v) is 11.0. The molecule has 0 radical (unpaired) electrons. The minimum absolute atomic E-state index is 0.0760. The van der Waals surface area contributed by atoms with Gasteiger partial charge in [0.25, 0.3) is 0 Å². The number of hydrogen-bond acceptors (Lipinski definition) is 4. The van der Waals surface area contributed by atoms with Crippen molar-refractivity contribution in [2.75, 3.05) is 6.61 Å². The highest BCUT2D eigenvalue weighted by molar-refractivity contribution is 7.91. The topological polar surface area (TPSA) is 72.5 Å². The Bertz CT molecular complexity index is 994. The summed E-state index contributed by atoms with van der Waals surface area (Å²) in [6, 6.07) is 8.12. The number of carbonyl (C=O) groups is 1. The molecule has 2 atom stereocenters. The van der Waals surface area contributed by atoms with Crippen molar-refractivity contribution in [3.8, 4) is 0 Å². The van der Waals surface area contributed by atoms with Gasteiger partial charge < -0.3 is 10.1 Å². The molecule has 29 heavy (non-hydrogen) atoms. The van der Waals surface area contributed by atoms with Gasteiger partial charge in [0.15, 0.2) is 9.84 Å². The highest BCUT2D eigenvalue weighted by Crippen LogP contribution is 2.37. The normalized spacial score (nSPS) is 16.1. The van der Waals surface area contributed by atoms with E-state index in [0.29, 0.717) is 5.02 Å². The van der Waals surface area contributed by atoms with Crippen LogP contribution in [0.1, 0.15) is 30.6 Å². The molecule has 1 aliphatic rings. The Kier molecular flexibility index (Phi) is 6.43. The van der Waals surface area contributed by atoms with E-state index in [9.17, 15) is 22.0 Å². The van der Waals surface area contributed by atoms with E-state index in [1.54, 1.807) is 0 Å². The minimum atomic E-state index is -4.14. The first kappa shape index (κ1) is 21.5. The molecule has 9 heteroatoms. The summed E-state index contributed by atoms with van der Waals surface area (Å²) in [6.45, 7) is 1.22. The van der Waals surface area contributed by atoms with Gasteiger partial charge in [-0.1, -0.05) is 18.5 Å². The fraction of sp³-hybridized carbons (Fsp3) is 0.350. The van der Waals surface area contributed by atoms with Crippen molar-refractivity contribution in [2.24, 2.45) is 5.92 Å². The van der Waals surface area contributed by atoms with E-state index < -0.39 is 38.7 Å². The number of hydrogen-bond donors (Lipinski definition) is 1. The van der Waals surface area contributed by atoms with Crippen LogP contribution in [0.2, 0.25) is 5.02 Å². The van der Waals surface area contributed by atoms with Gasteiger partial charge in [0.05, 0.1) is 16.8 Å². The summed E-state index contributed by atoms with van der Waals surface area (Å²) in [6.07, 6.45) is 1.07. The molecule has 5 nitrogen and oxygen atoms in total. The highest BCUT2D eigenvalue weighted by atomic mass is 35.5. The molecule has 0 saturated heterocycles. The van der Waals surface area contributed by atoms with E-state index in [1.165, 1.54) is 31.2 Å². The number of nitrogens with one attached hydrogen (secondary N) is 1. The first-order chi connectivity index (χ1) is 13.7. The lowest BCUT2D eigenvalue weighted by Crippen LogP contribution is -2.31. The average molecular weight is 444 g/mol. The van der Waals surface area contributed by atoms with E-state index >= 15 is 0 Å². The number of carbonyl (C=O) groups excluding carboxylic acids is 1. The van der Waals surface area contributed by atoms with E-state index in [4.69, 9.17) is 16.3 Å². The molecule has 2 aromatic carbocycles. The van der Waals surface area contributed by atoms with Crippen LogP contribution >= 0.6 is 11.6 Å². The predicted molar refractivity (Wildman–Crippen MR) is 104 cm³/mol. The summed E-state index contributed by atoms with van der Waals surface area (Å²) < 4.78 is 60.0. The van der Waals surface area contributed by atoms with Gasteiger partial charge >= 0.3 is 6.09 Å². The second-order valence-corrected chi connectivity index (χ2v) is 9.59. The Morgan fingerprint density at radius 2 is 1.86 bits per heavy atom. The van der Waals surface area contributed by atoms with Crippen LogP contribution in [0, 0.1) is 17.6 Å². The Labute approximate surface area is 172 Å². The SMILES string of the molecule is C[C@H](COC(=O)NC1CC1)[C@@H](c1cc(F)ccc1F)S(=O)(=O)c1ccc(Cl)cc1. The number of halogens is 3. The second kappa shape index (κ2) is 8.67. The van der Waals surface area contributed by atoms with Crippen LogP contribution in [-0.4, -0.2) is 27.2 Å². The maximum atomic E-state index is 14.5. The molecule has 3 rings (SSSR count). The number of amides is 1. The van der Waals surface area contributed by atoms with Crippen molar-refractivity contribution in [1.29, 1.82) is 0 Å². The molecular formula is C20H20ClF2NO4S. The number of rotatable bonds is 7. The van der Waals surface area contributed by atoms with E-state index in [1.807, 2.05) is 0 Å². The molecular weight excluding hydrogens is 424 g/mol. The Morgan fingerprint density at radius 1 is 1.21 bits per heavy atom. The van der Waals surface area contributed by atoms with Crippen LogP contribution in [0.25, 0.3) is 0 Å². The Hall–Kier alpha value is -2.19. The number of benzene rings is 2. The third kappa shape index (κ3) is 5.25. The Morgan fingerprint density at radius 3 is 2.48 bits per heavy atom. The monoisotopic (exact) mass is 443 g/mol. The van der Waals surface area contributed by atoms with E-state index in [-0.39, 0.29) is 23.1 Å². The maximum Gasteiger partial charge on any atom is 0.407 e. The fourth-order valence-electron chi connectivity index (χ4n) is 3.01. The second-order valence-electron chi connectivity index (χ2n) is 7.08. The predicted octanol–water partition coefficient (Wildman–Crippen LogP) is 4.66. The molecule has 1 amide bonds. The minimum Gasteiger partial charge on any atom is -0.449 e. The molecule has 0 spiro atoms. The lowest BCUT2D eigenvalue weighted by molar-refractivity contribution is 0.128. The van der Waals surface area contributed by atoms with Gasteiger partial charge in [-0.3, -0.25) is 0 Å². The lowest BCUT2D eigenvalue weighted by atomic mass is 10.0. The number of sulfone groups is 1. The van der Waals surface area contributed by atoms with Crippen molar-refractivity contribution < 1.29 is 26.7 Å². The van der Waals surface area contributed by atoms with Gasteiger partial charge in [-0.2, -0.15) is 0 Å². The van der Waals surface area contributed by atoms with Gasteiger partial charge in [-0.25, -0.2) is 22.0 Å². The molecule has 0 unspecified atom stereocenters. The van der Waals surface area contributed by atoms with Crippen molar-refractivity contribution in [1.82, 2.24) is 5.32 Å². The summed E-state index contributed by atoms with van der Waals surface area (Å²) in [5, 5.41) is 1.50. The fourth-order valence-corrected chi connectivity index (χ4v) is 5.15. The van der Waals surface area contributed by atoms with Gasteiger partial charge in [0, 0.05) is 22.5 Å². The molecule has 1 N–H and O–H groups in total. The van der Waals surface area contributed by atoms with Crippen LogP contribution in [0.3, 0.4) is 0 Å². The number of alkyl carbamates (subject to hydrolysis) is 1. The summed E-state index contributed by atoms with van der Waals surface area (Å²) in [5.41, 5.74) is -0.321. The van der Waals surface area contributed by atoms with Crippen LogP contribution in [0.15, 0.2) is 47.4 Å². The lowest BCUT2D eigenvalue weighted by Gasteiger charge is -2.25. The van der Waals surface area contributed by atoms with Gasteiger partial charge in [-0.05, 0) is 55.3 Å². The van der Waals surface area contributed by atoms with Crippen molar-refractivity contribution in [2.45, 2.75) is 36.0 Å². The summed E-state index contributed by atoms with van der Waals surface area (Å²) >= 11 is 5.83. The first-order valence-electron chi connectivity index (χ1n) is 9.06. The molecule has 156 valence electrons. The zero-order valence-corrected chi connectivity index (χ0v) is 17.1. The van der Waals surface area contributed by atoms with Crippen molar-refractivity contribution >= 4 is 27.5 Å².